The Hall–Kier alpha value is -0.530. The Labute approximate surface area is 116 Å². The van der Waals surface area contributed by atoms with Gasteiger partial charge < -0.3 is 5.32 Å². The summed E-state index contributed by atoms with van der Waals surface area (Å²) in [4.78, 5) is 12.5. The van der Waals surface area contributed by atoms with Gasteiger partial charge in [0.25, 0.3) is 0 Å². The van der Waals surface area contributed by atoms with E-state index in [4.69, 9.17) is 0 Å². The SMILES string of the molecule is CC1(C)C2CCC1(C)C(NC(=O)C1CC3CC3C1)C2. The van der Waals surface area contributed by atoms with Gasteiger partial charge in [-0.25, -0.2) is 0 Å². The molecular formula is C17H27NO. The topological polar surface area (TPSA) is 29.1 Å². The maximum Gasteiger partial charge on any atom is 0.223 e. The highest BCUT2D eigenvalue weighted by molar-refractivity contribution is 5.79. The van der Waals surface area contributed by atoms with Crippen LogP contribution in [0, 0.1) is 34.5 Å². The molecule has 0 aliphatic heterocycles. The van der Waals surface area contributed by atoms with Crippen LogP contribution in [0.25, 0.3) is 0 Å². The molecular weight excluding hydrogens is 234 g/mol. The van der Waals surface area contributed by atoms with Gasteiger partial charge in [0.05, 0.1) is 0 Å². The predicted octanol–water partition coefficient (Wildman–Crippen LogP) is 3.36. The zero-order valence-corrected chi connectivity index (χ0v) is 12.5. The van der Waals surface area contributed by atoms with Crippen LogP contribution in [0.1, 0.15) is 59.3 Å². The first kappa shape index (κ1) is 12.2. The fourth-order valence-electron chi connectivity index (χ4n) is 5.64. The minimum absolute atomic E-state index is 0.328. The molecule has 106 valence electrons. The van der Waals surface area contributed by atoms with Gasteiger partial charge in [0.2, 0.25) is 5.91 Å². The van der Waals surface area contributed by atoms with Crippen molar-refractivity contribution in [2.24, 2.45) is 34.5 Å². The lowest BCUT2D eigenvalue weighted by atomic mass is 9.69. The zero-order valence-electron chi connectivity index (χ0n) is 12.5. The second kappa shape index (κ2) is 3.56. The molecule has 5 atom stereocenters. The molecule has 1 N–H and O–H groups in total. The number of fused-ring (bicyclic) bond motifs is 3. The second-order valence-corrected chi connectivity index (χ2v) is 8.60. The Morgan fingerprint density at radius 3 is 2.26 bits per heavy atom. The number of carbonyl (C=O) groups excluding carboxylic acids is 1. The molecule has 19 heavy (non-hydrogen) atoms. The predicted molar refractivity (Wildman–Crippen MR) is 75.5 cm³/mol. The summed E-state index contributed by atoms with van der Waals surface area (Å²) in [6, 6.07) is 0.436. The number of nitrogens with one attached hydrogen (secondary N) is 1. The molecule has 0 aromatic carbocycles. The molecule has 4 fully saturated rings. The Morgan fingerprint density at radius 1 is 1.05 bits per heavy atom. The standard InChI is InChI=1S/C17H27NO/c1-16(2)13-4-5-17(16,3)14(9-13)18-15(19)12-7-10-6-11(10)8-12/h10-14H,4-9H2,1-3H3,(H,18,19). The molecule has 2 nitrogen and oxygen atoms in total. The maximum atomic E-state index is 12.5. The molecule has 0 heterocycles. The van der Waals surface area contributed by atoms with E-state index in [-0.39, 0.29) is 0 Å². The fraction of sp³-hybridized carbons (Fsp3) is 0.941. The first-order valence-corrected chi connectivity index (χ1v) is 8.22. The molecule has 2 bridgehead atoms. The highest BCUT2D eigenvalue weighted by Crippen LogP contribution is 2.65. The normalized spacial score (nSPS) is 53.1. The lowest BCUT2D eigenvalue weighted by molar-refractivity contribution is -0.126. The summed E-state index contributed by atoms with van der Waals surface area (Å²) >= 11 is 0. The molecule has 0 saturated heterocycles. The van der Waals surface area contributed by atoms with E-state index >= 15 is 0 Å². The number of amides is 1. The van der Waals surface area contributed by atoms with E-state index in [1.165, 1.54) is 38.5 Å². The summed E-state index contributed by atoms with van der Waals surface area (Å²) in [5.74, 6) is 3.35. The van der Waals surface area contributed by atoms with Crippen LogP contribution in [0.15, 0.2) is 0 Å². The van der Waals surface area contributed by atoms with Crippen molar-refractivity contribution in [3.05, 3.63) is 0 Å². The minimum Gasteiger partial charge on any atom is -0.353 e. The van der Waals surface area contributed by atoms with Crippen molar-refractivity contribution in [2.75, 3.05) is 0 Å². The molecule has 4 saturated carbocycles. The zero-order chi connectivity index (χ0) is 13.4. The largest absolute Gasteiger partial charge is 0.353 e. The number of hydrogen-bond donors (Lipinski definition) is 1. The highest BCUT2D eigenvalue weighted by atomic mass is 16.2. The summed E-state index contributed by atoms with van der Waals surface area (Å²) in [7, 11) is 0. The van der Waals surface area contributed by atoms with Gasteiger partial charge in [-0.15, -0.1) is 0 Å². The smallest absolute Gasteiger partial charge is 0.223 e. The summed E-state index contributed by atoms with van der Waals surface area (Å²) < 4.78 is 0. The van der Waals surface area contributed by atoms with Crippen LogP contribution in [-0.2, 0) is 4.79 Å². The van der Waals surface area contributed by atoms with Crippen molar-refractivity contribution in [3.8, 4) is 0 Å². The lowest BCUT2D eigenvalue weighted by Crippen LogP contribution is -2.48. The van der Waals surface area contributed by atoms with Gasteiger partial charge in [-0.3, -0.25) is 4.79 Å². The first-order chi connectivity index (χ1) is 8.92. The van der Waals surface area contributed by atoms with Crippen LogP contribution >= 0.6 is 0 Å². The second-order valence-electron chi connectivity index (χ2n) is 8.60. The quantitative estimate of drug-likeness (QED) is 0.811. The molecule has 2 heteroatoms. The van der Waals surface area contributed by atoms with Crippen LogP contribution in [0.3, 0.4) is 0 Å². The van der Waals surface area contributed by atoms with E-state index in [1.807, 2.05) is 0 Å². The van der Waals surface area contributed by atoms with E-state index in [0.29, 0.717) is 28.7 Å². The van der Waals surface area contributed by atoms with Crippen molar-refractivity contribution in [1.82, 2.24) is 5.32 Å². The molecule has 0 aromatic rings. The van der Waals surface area contributed by atoms with Gasteiger partial charge in [-0.05, 0) is 67.1 Å². The number of carbonyl (C=O) groups is 1. The van der Waals surface area contributed by atoms with Crippen LogP contribution in [-0.4, -0.2) is 11.9 Å². The number of rotatable bonds is 2. The Morgan fingerprint density at radius 2 is 1.74 bits per heavy atom. The third-order valence-corrected chi connectivity index (χ3v) is 7.72. The van der Waals surface area contributed by atoms with Gasteiger partial charge in [0, 0.05) is 12.0 Å². The van der Waals surface area contributed by atoms with Crippen molar-refractivity contribution < 1.29 is 4.79 Å². The van der Waals surface area contributed by atoms with E-state index in [0.717, 1.165) is 17.8 Å². The summed E-state index contributed by atoms with van der Waals surface area (Å²) in [5.41, 5.74) is 0.734. The van der Waals surface area contributed by atoms with Gasteiger partial charge >= 0.3 is 0 Å². The van der Waals surface area contributed by atoms with Crippen molar-refractivity contribution in [1.29, 1.82) is 0 Å². The Balaban J connectivity index is 1.45. The minimum atomic E-state index is 0.328. The molecule has 0 spiro atoms. The molecule has 4 rings (SSSR count). The summed E-state index contributed by atoms with van der Waals surface area (Å²) in [5, 5.41) is 3.45. The Kier molecular flexibility index (Phi) is 2.29. The van der Waals surface area contributed by atoms with E-state index in [1.54, 1.807) is 0 Å². The first-order valence-electron chi connectivity index (χ1n) is 8.22. The number of hydrogen-bond acceptors (Lipinski definition) is 1. The molecule has 4 aliphatic rings. The fourth-order valence-corrected chi connectivity index (χ4v) is 5.64. The highest BCUT2D eigenvalue weighted by Gasteiger charge is 2.62. The van der Waals surface area contributed by atoms with Crippen LogP contribution < -0.4 is 5.32 Å². The Bertz CT molecular complexity index is 419. The monoisotopic (exact) mass is 261 g/mol. The van der Waals surface area contributed by atoms with Gasteiger partial charge in [-0.1, -0.05) is 20.8 Å². The van der Waals surface area contributed by atoms with Crippen molar-refractivity contribution in [3.63, 3.8) is 0 Å². The van der Waals surface area contributed by atoms with Gasteiger partial charge in [0.15, 0.2) is 0 Å². The summed E-state index contributed by atoms with van der Waals surface area (Å²) in [6.07, 6.45) is 7.63. The lowest BCUT2D eigenvalue weighted by Gasteiger charge is -2.39. The van der Waals surface area contributed by atoms with E-state index in [2.05, 4.69) is 26.1 Å². The third kappa shape index (κ3) is 1.52. The molecule has 4 aliphatic carbocycles. The van der Waals surface area contributed by atoms with Crippen LogP contribution in [0.2, 0.25) is 0 Å². The van der Waals surface area contributed by atoms with Crippen LogP contribution in [0.4, 0.5) is 0 Å². The molecule has 0 radical (unpaired) electrons. The third-order valence-electron chi connectivity index (χ3n) is 7.72. The average molecular weight is 261 g/mol. The maximum absolute atomic E-state index is 12.5. The van der Waals surface area contributed by atoms with Crippen LogP contribution in [0.5, 0.6) is 0 Å². The van der Waals surface area contributed by atoms with Gasteiger partial charge in [0.1, 0.15) is 0 Å². The van der Waals surface area contributed by atoms with Crippen molar-refractivity contribution >= 4 is 5.91 Å². The van der Waals surface area contributed by atoms with Crippen molar-refractivity contribution in [2.45, 2.75) is 65.3 Å². The van der Waals surface area contributed by atoms with E-state index in [9.17, 15) is 4.79 Å². The molecule has 0 aromatic heterocycles. The van der Waals surface area contributed by atoms with Gasteiger partial charge in [-0.2, -0.15) is 0 Å². The average Bonchev–Trinajstić information content (AvgIpc) is 2.84. The summed E-state index contributed by atoms with van der Waals surface area (Å²) in [6.45, 7) is 7.25. The molecule has 1 amide bonds. The van der Waals surface area contributed by atoms with E-state index < -0.39 is 0 Å². The molecule has 5 unspecified atom stereocenters.